The van der Waals surface area contributed by atoms with E-state index in [-0.39, 0.29) is 5.41 Å². The molecule has 5 rings (SSSR count). The largest absolute Gasteiger partial charge is 0.505 e. The number of fused-ring (bicyclic) bond motifs is 8. The lowest BCUT2D eigenvalue weighted by Gasteiger charge is -2.40. The Morgan fingerprint density at radius 3 is 2.67 bits per heavy atom. The lowest BCUT2D eigenvalue weighted by Crippen LogP contribution is -2.64. The second-order valence-electron chi connectivity index (χ2n) is 8.75. The van der Waals surface area contributed by atoms with Gasteiger partial charge in [-0.05, 0) is 48.3 Å². The molecule has 1 aromatic heterocycles. The number of aryl methyl sites for hydroxylation is 2. The Kier molecular flexibility index (Phi) is 3.55. The highest BCUT2D eigenvalue weighted by molar-refractivity contribution is 6.57. The number of imidazole rings is 1. The van der Waals surface area contributed by atoms with Gasteiger partial charge in [-0.2, -0.15) is 0 Å². The predicted octanol–water partition coefficient (Wildman–Crippen LogP) is 4.85. The molecule has 0 radical (unpaired) electrons. The highest BCUT2D eigenvalue weighted by atomic mass is 15.2. The van der Waals surface area contributed by atoms with Gasteiger partial charge in [0.15, 0.2) is 0 Å². The maximum atomic E-state index is 2.60. The average molecular weight is 356 g/mol. The molecule has 3 aromatic rings. The molecule has 0 saturated carbocycles. The van der Waals surface area contributed by atoms with Gasteiger partial charge in [-0.25, -0.2) is 4.57 Å². The van der Waals surface area contributed by atoms with Crippen LogP contribution in [0.4, 0.5) is 11.4 Å². The molecule has 3 heterocycles. The van der Waals surface area contributed by atoms with Gasteiger partial charge in [0.2, 0.25) is 0 Å². The van der Waals surface area contributed by atoms with E-state index in [2.05, 4.69) is 96.5 Å². The van der Waals surface area contributed by atoms with Crippen LogP contribution in [0, 0.1) is 6.92 Å². The van der Waals surface area contributed by atoms with E-state index >= 15 is 0 Å². The summed E-state index contributed by atoms with van der Waals surface area (Å²) < 4.78 is 4.77. The molecule has 27 heavy (non-hydrogen) atoms. The molecule has 0 aliphatic carbocycles. The summed E-state index contributed by atoms with van der Waals surface area (Å²) in [5, 5.41) is 0. The van der Waals surface area contributed by atoms with E-state index in [1.165, 1.54) is 46.7 Å². The molecule has 0 unspecified atom stereocenters. The fraction of sp³-hybridized carbons (Fsp3) is 0.348. The van der Waals surface area contributed by atoms with E-state index in [9.17, 15) is 0 Å². The first-order valence-corrected chi connectivity index (χ1v) is 10.0. The number of anilines is 2. The minimum atomic E-state index is 0.188. The molecular formula is C23H27BN3+. The second-order valence-corrected chi connectivity index (χ2v) is 8.75. The molecule has 2 aliphatic rings. The standard InChI is InChI=1S/C23H27BN3/c1-17-9-7-12-20-21(17)22-25(4)15-16-26(22)24-14-8-13-23(2,3)18-10-5-6-11-19(18)27(20)24/h5-7,9-12,15-16H,8,13-14H2,1-4H3/q+1. The smallest absolute Gasteiger partial charge is 0.343 e. The van der Waals surface area contributed by atoms with Gasteiger partial charge in [-0.1, -0.05) is 50.6 Å². The Bertz CT molecular complexity index is 1030. The Morgan fingerprint density at radius 2 is 1.81 bits per heavy atom. The van der Waals surface area contributed by atoms with E-state index in [4.69, 9.17) is 0 Å². The highest BCUT2D eigenvalue weighted by Crippen LogP contribution is 2.46. The molecule has 4 heteroatoms. The predicted molar refractivity (Wildman–Crippen MR) is 113 cm³/mol. The lowest BCUT2D eigenvalue weighted by molar-refractivity contribution is -0.526. The zero-order valence-electron chi connectivity index (χ0n) is 16.7. The molecule has 2 aliphatic heterocycles. The van der Waals surface area contributed by atoms with Gasteiger partial charge in [0.05, 0.1) is 12.6 Å². The monoisotopic (exact) mass is 356 g/mol. The molecule has 0 atom stereocenters. The fourth-order valence-electron chi connectivity index (χ4n) is 5.15. The van der Waals surface area contributed by atoms with Crippen LogP contribution < -0.4 is 9.29 Å². The van der Waals surface area contributed by atoms with Crippen molar-refractivity contribution in [2.24, 2.45) is 7.05 Å². The van der Waals surface area contributed by atoms with Crippen LogP contribution in [0.25, 0.3) is 11.4 Å². The summed E-state index contributed by atoms with van der Waals surface area (Å²) in [6.45, 7) is 7.35. The van der Waals surface area contributed by atoms with Gasteiger partial charge in [-0.3, -0.25) is 4.48 Å². The third-order valence-electron chi connectivity index (χ3n) is 6.54. The van der Waals surface area contributed by atoms with Crippen LogP contribution in [0.2, 0.25) is 6.32 Å². The molecule has 0 spiro atoms. The normalized spacial score (nSPS) is 17.3. The summed E-state index contributed by atoms with van der Waals surface area (Å²) >= 11 is 0. The third kappa shape index (κ3) is 2.32. The first kappa shape index (κ1) is 16.7. The Morgan fingerprint density at radius 1 is 1.04 bits per heavy atom. The summed E-state index contributed by atoms with van der Waals surface area (Å²) in [4.78, 5) is 2.60. The summed E-state index contributed by atoms with van der Waals surface area (Å²) in [6, 6.07) is 15.8. The number of rotatable bonds is 0. The summed E-state index contributed by atoms with van der Waals surface area (Å²) in [5.74, 6) is 1.32. The van der Waals surface area contributed by atoms with E-state index in [1.54, 1.807) is 0 Å². The first-order valence-electron chi connectivity index (χ1n) is 10.0. The van der Waals surface area contributed by atoms with Crippen molar-refractivity contribution in [3.05, 3.63) is 66.0 Å². The van der Waals surface area contributed by atoms with Gasteiger partial charge in [0.25, 0.3) is 5.82 Å². The minimum absolute atomic E-state index is 0.188. The van der Waals surface area contributed by atoms with Gasteiger partial charge >= 0.3 is 6.98 Å². The van der Waals surface area contributed by atoms with Crippen molar-refractivity contribution < 1.29 is 4.48 Å². The second kappa shape index (κ2) is 5.75. The van der Waals surface area contributed by atoms with Crippen molar-refractivity contribution in [3.63, 3.8) is 0 Å². The van der Waals surface area contributed by atoms with E-state index in [0.717, 1.165) is 6.32 Å². The quantitative estimate of drug-likeness (QED) is 0.525. The number of hydrogen-bond donors (Lipinski definition) is 0. The van der Waals surface area contributed by atoms with Crippen molar-refractivity contribution in [2.75, 3.05) is 4.81 Å². The number of hydrogen-bond acceptors (Lipinski definition) is 1. The van der Waals surface area contributed by atoms with Crippen molar-refractivity contribution in [3.8, 4) is 11.4 Å². The van der Waals surface area contributed by atoms with E-state index in [1.807, 2.05) is 0 Å². The van der Waals surface area contributed by atoms with Crippen molar-refractivity contribution >= 4 is 18.4 Å². The van der Waals surface area contributed by atoms with Crippen LogP contribution in [0.5, 0.6) is 0 Å². The topological polar surface area (TPSA) is 12.0 Å². The summed E-state index contributed by atoms with van der Waals surface area (Å²) in [7, 11) is 2.16. The molecule has 0 saturated heterocycles. The van der Waals surface area contributed by atoms with Gasteiger partial charge in [0.1, 0.15) is 12.4 Å². The number of aromatic nitrogens is 2. The molecule has 0 amide bonds. The van der Waals surface area contributed by atoms with Crippen molar-refractivity contribution in [1.82, 2.24) is 4.57 Å². The Hall–Kier alpha value is -2.49. The lowest BCUT2D eigenvalue weighted by atomic mass is 9.61. The van der Waals surface area contributed by atoms with Crippen molar-refractivity contribution in [1.29, 1.82) is 0 Å². The molecular weight excluding hydrogens is 329 g/mol. The third-order valence-corrected chi connectivity index (χ3v) is 6.54. The maximum absolute atomic E-state index is 2.60. The first-order chi connectivity index (χ1) is 13.0. The van der Waals surface area contributed by atoms with Crippen molar-refractivity contribution in [2.45, 2.75) is 45.3 Å². The fourth-order valence-corrected chi connectivity index (χ4v) is 5.15. The van der Waals surface area contributed by atoms with Gasteiger partial charge in [0, 0.05) is 11.4 Å². The van der Waals surface area contributed by atoms with Gasteiger partial charge in [-0.15, -0.1) is 0 Å². The molecule has 0 fully saturated rings. The Labute approximate surface area is 162 Å². The van der Waals surface area contributed by atoms with Crippen LogP contribution in [-0.2, 0) is 12.5 Å². The van der Waals surface area contributed by atoms with Crippen LogP contribution in [0.1, 0.15) is 37.8 Å². The molecule has 136 valence electrons. The summed E-state index contributed by atoms with van der Waals surface area (Å²) in [6.07, 6.45) is 8.07. The number of benzene rings is 2. The zero-order valence-corrected chi connectivity index (χ0v) is 16.7. The zero-order chi connectivity index (χ0) is 18.8. The average Bonchev–Trinajstić information content (AvgIpc) is 3.02. The molecule has 3 nitrogen and oxygen atoms in total. The van der Waals surface area contributed by atoms with Crippen LogP contribution in [0.15, 0.2) is 54.9 Å². The maximum Gasteiger partial charge on any atom is 0.505 e. The molecule has 0 N–H and O–H groups in total. The van der Waals surface area contributed by atoms with Gasteiger partial charge < -0.3 is 4.81 Å². The number of nitrogens with zero attached hydrogens (tertiary/aromatic N) is 3. The SMILES string of the molecule is Cc1cccc2c1-c1n(C)cc[n+]1B1CCCC(C)(C)c3ccccc3N12. The van der Waals surface area contributed by atoms with Crippen LogP contribution in [0.3, 0.4) is 0 Å². The van der Waals surface area contributed by atoms with E-state index < -0.39 is 0 Å². The molecule has 2 aromatic carbocycles. The molecule has 0 bridgehead atoms. The van der Waals surface area contributed by atoms with Crippen LogP contribution in [-0.4, -0.2) is 11.5 Å². The van der Waals surface area contributed by atoms with Crippen LogP contribution >= 0.6 is 0 Å². The minimum Gasteiger partial charge on any atom is -0.343 e. The summed E-state index contributed by atoms with van der Waals surface area (Å²) in [5.41, 5.74) is 7.04. The number of para-hydroxylation sites is 1. The highest BCUT2D eigenvalue weighted by Gasteiger charge is 2.46. The Balaban J connectivity index is 1.85. The van der Waals surface area contributed by atoms with E-state index in [0.29, 0.717) is 6.98 Å².